The van der Waals surface area contributed by atoms with Gasteiger partial charge < -0.3 is 10.6 Å². The fourth-order valence-corrected chi connectivity index (χ4v) is 2.29. The molecule has 0 aliphatic heterocycles. The maximum Gasteiger partial charge on any atom is 0.134 e. The molecule has 4 heteroatoms. The van der Waals surface area contributed by atoms with Crippen LogP contribution in [-0.2, 0) is 0 Å². The number of aromatic nitrogens is 2. The van der Waals surface area contributed by atoms with E-state index in [0.29, 0.717) is 6.04 Å². The lowest BCUT2D eigenvalue weighted by molar-refractivity contribution is 0.285. The van der Waals surface area contributed by atoms with Crippen molar-refractivity contribution in [3.05, 3.63) is 11.4 Å². The van der Waals surface area contributed by atoms with Gasteiger partial charge in [-0.3, -0.25) is 0 Å². The van der Waals surface area contributed by atoms with E-state index in [9.17, 15) is 0 Å². The summed E-state index contributed by atoms with van der Waals surface area (Å²) < 4.78 is 0. The van der Waals surface area contributed by atoms with Crippen molar-refractivity contribution in [3.8, 4) is 0 Å². The maximum atomic E-state index is 4.50. The van der Waals surface area contributed by atoms with Crippen LogP contribution in [0.2, 0.25) is 0 Å². The van der Waals surface area contributed by atoms with Gasteiger partial charge in [-0.25, -0.2) is 9.97 Å². The average Bonchev–Trinajstić information content (AvgIpc) is 2.20. The van der Waals surface area contributed by atoms with Crippen molar-refractivity contribution in [2.75, 3.05) is 17.7 Å². The Hall–Kier alpha value is -1.32. The minimum absolute atomic E-state index is 0.501. The molecule has 0 radical (unpaired) electrons. The van der Waals surface area contributed by atoms with Crippen molar-refractivity contribution in [2.24, 2.45) is 5.92 Å². The second-order valence-corrected chi connectivity index (χ2v) is 4.97. The molecule has 2 N–H and O–H groups in total. The van der Waals surface area contributed by atoms with Crippen molar-refractivity contribution in [3.63, 3.8) is 0 Å². The molecule has 1 heterocycles. The number of nitrogens with one attached hydrogen (secondary N) is 2. The zero-order valence-corrected chi connectivity index (χ0v) is 11.2. The SMILES string of the molecule is CNc1nc(C)nc(NC(C)C2CCC2)c1C. The molecule has 0 saturated heterocycles. The molecule has 0 amide bonds. The van der Waals surface area contributed by atoms with Crippen molar-refractivity contribution < 1.29 is 0 Å². The molecule has 94 valence electrons. The van der Waals surface area contributed by atoms with Crippen LogP contribution < -0.4 is 10.6 Å². The van der Waals surface area contributed by atoms with Crippen LogP contribution in [-0.4, -0.2) is 23.1 Å². The standard InChI is InChI=1S/C13H22N4/c1-8-12(14-4)16-10(3)17-13(8)15-9(2)11-6-5-7-11/h9,11H,5-7H2,1-4H3,(H2,14,15,16,17). The lowest BCUT2D eigenvalue weighted by Crippen LogP contribution is -2.31. The number of hydrogen-bond donors (Lipinski definition) is 2. The van der Waals surface area contributed by atoms with Gasteiger partial charge in [0.25, 0.3) is 0 Å². The maximum absolute atomic E-state index is 4.50. The van der Waals surface area contributed by atoms with Crippen molar-refractivity contribution in [1.82, 2.24) is 9.97 Å². The highest BCUT2D eigenvalue weighted by atomic mass is 15.1. The van der Waals surface area contributed by atoms with E-state index < -0.39 is 0 Å². The summed E-state index contributed by atoms with van der Waals surface area (Å²) in [5, 5.41) is 6.65. The Labute approximate surface area is 103 Å². The summed E-state index contributed by atoms with van der Waals surface area (Å²) in [6.45, 7) is 6.24. The molecule has 17 heavy (non-hydrogen) atoms. The molecule has 1 aromatic rings. The van der Waals surface area contributed by atoms with Gasteiger partial charge in [-0.2, -0.15) is 0 Å². The number of rotatable bonds is 4. The number of aryl methyl sites for hydroxylation is 1. The molecule has 1 atom stereocenters. The molecule has 0 aromatic carbocycles. The van der Waals surface area contributed by atoms with Gasteiger partial charge in [0.05, 0.1) is 0 Å². The van der Waals surface area contributed by atoms with E-state index in [-0.39, 0.29) is 0 Å². The number of anilines is 2. The van der Waals surface area contributed by atoms with E-state index in [4.69, 9.17) is 0 Å². The quantitative estimate of drug-likeness (QED) is 0.841. The van der Waals surface area contributed by atoms with Gasteiger partial charge in [0, 0.05) is 18.7 Å². The van der Waals surface area contributed by atoms with Crippen LogP contribution >= 0.6 is 0 Å². The second-order valence-electron chi connectivity index (χ2n) is 4.97. The highest BCUT2D eigenvalue weighted by Crippen LogP contribution is 2.31. The Balaban J connectivity index is 2.16. The summed E-state index contributed by atoms with van der Waals surface area (Å²) in [7, 11) is 1.90. The zero-order chi connectivity index (χ0) is 12.4. The van der Waals surface area contributed by atoms with Crippen LogP contribution in [0.4, 0.5) is 11.6 Å². The normalized spacial score (nSPS) is 17.4. The van der Waals surface area contributed by atoms with Crippen LogP contribution in [0.25, 0.3) is 0 Å². The molecular weight excluding hydrogens is 212 g/mol. The van der Waals surface area contributed by atoms with Gasteiger partial charge >= 0.3 is 0 Å². The van der Waals surface area contributed by atoms with E-state index in [1.807, 2.05) is 14.0 Å². The molecule has 1 aromatic heterocycles. The third-order valence-electron chi connectivity index (χ3n) is 3.72. The fraction of sp³-hybridized carbons (Fsp3) is 0.692. The van der Waals surface area contributed by atoms with E-state index in [2.05, 4.69) is 34.4 Å². The van der Waals surface area contributed by atoms with Gasteiger partial charge in [0.15, 0.2) is 0 Å². The van der Waals surface area contributed by atoms with Crippen LogP contribution in [0.5, 0.6) is 0 Å². The van der Waals surface area contributed by atoms with E-state index in [0.717, 1.165) is 28.9 Å². The smallest absolute Gasteiger partial charge is 0.134 e. The number of nitrogens with zero attached hydrogens (tertiary/aromatic N) is 2. The third kappa shape index (κ3) is 2.51. The van der Waals surface area contributed by atoms with Gasteiger partial charge in [-0.05, 0) is 39.5 Å². The Morgan fingerprint density at radius 1 is 1.18 bits per heavy atom. The Morgan fingerprint density at radius 3 is 2.35 bits per heavy atom. The molecular formula is C13H22N4. The van der Waals surface area contributed by atoms with E-state index in [1.54, 1.807) is 0 Å². The minimum atomic E-state index is 0.501. The molecule has 1 fully saturated rings. The first-order valence-corrected chi connectivity index (χ1v) is 6.41. The average molecular weight is 234 g/mol. The molecule has 4 nitrogen and oxygen atoms in total. The topological polar surface area (TPSA) is 49.8 Å². The van der Waals surface area contributed by atoms with Gasteiger partial charge in [0.1, 0.15) is 17.5 Å². The zero-order valence-electron chi connectivity index (χ0n) is 11.2. The van der Waals surface area contributed by atoms with E-state index in [1.165, 1.54) is 19.3 Å². The molecule has 1 unspecified atom stereocenters. The molecule has 0 spiro atoms. The van der Waals surface area contributed by atoms with Crippen molar-refractivity contribution in [1.29, 1.82) is 0 Å². The monoisotopic (exact) mass is 234 g/mol. The first-order chi connectivity index (χ1) is 8.11. The summed E-state index contributed by atoms with van der Waals surface area (Å²) in [4.78, 5) is 8.88. The first-order valence-electron chi connectivity index (χ1n) is 6.41. The molecule has 2 rings (SSSR count). The largest absolute Gasteiger partial charge is 0.373 e. The molecule has 1 aliphatic carbocycles. The lowest BCUT2D eigenvalue weighted by atomic mass is 9.80. The van der Waals surface area contributed by atoms with Crippen LogP contribution in [0.1, 0.15) is 37.6 Å². The highest BCUT2D eigenvalue weighted by Gasteiger charge is 2.24. The minimum Gasteiger partial charge on any atom is -0.373 e. The van der Waals surface area contributed by atoms with Crippen molar-refractivity contribution in [2.45, 2.75) is 46.1 Å². The van der Waals surface area contributed by atoms with E-state index >= 15 is 0 Å². The Morgan fingerprint density at radius 2 is 1.82 bits per heavy atom. The fourth-order valence-electron chi connectivity index (χ4n) is 2.29. The second kappa shape index (κ2) is 4.90. The van der Waals surface area contributed by atoms with Gasteiger partial charge in [-0.15, -0.1) is 0 Å². The summed E-state index contributed by atoms with van der Waals surface area (Å²) >= 11 is 0. The van der Waals surface area contributed by atoms with Crippen LogP contribution in [0.3, 0.4) is 0 Å². The summed E-state index contributed by atoms with van der Waals surface area (Å²) in [5.74, 6) is 3.51. The Bertz CT molecular complexity index is 399. The van der Waals surface area contributed by atoms with Crippen LogP contribution in [0.15, 0.2) is 0 Å². The van der Waals surface area contributed by atoms with Gasteiger partial charge in [0.2, 0.25) is 0 Å². The lowest BCUT2D eigenvalue weighted by Gasteiger charge is -2.32. The summed E-state index contributed by atoms with van der Waals surface area (Å²) in [6, 6.07) is 0.501. The molecule has 1 aliphatic rings. The predicted molar refractivity (Wildman–Crippen MR) is 71.5 cm³/mol. The van der Waals surface area contributed by atoms with Crippen LogP contribution in [0, 0.1) is 19.8 Å². The predicted octanol–water partition coefficient (Wildman–Crippen LogP) is 2.74. The summed E-state index contributed by atoms with van der Waals surface area (Å²) in [6.07, 6.45) is 4.06. The van der Waals surface area contributed by atoms with Gasteiger partial charge in [-0.1, -0.05) is 6.42 Å². The molecule has 1 saturated carbocycles. The molecule has 0 bridgehead atoms. The Kier molecular flexibility index (Phi) is 3.50. The summed E-state index contributed by atoms with van der Waals surface area (Å²) in [5.41, 5.74) is 1.10. The number of hydrogen-bond acceptors (Lipinski definition) is 4. The first kappa shape index (κ1) is 12.1. The highest BCUT2D eigenvalue weighted by molar-refractivity contribution is 5.57. The van der Waals surface area contributed by atoms with Crippen molar-refractivity contribution >= 4 is 11.6 Å². The third-order valence-corrected chi connectivity index (χ3v) is 3.72.